The summed E-state index contributed by atoms with van der Waals surface area (Å²) in [4.78, 5) is 15.4. The molecule has 1 fully saturated rings. The summed E-state index contributed by atoms with van der Waals surface area (Å²) in [6.07, 6.45) is -1.55. The number of carbonyl (C=O) groups is 1. The SMILES string of the molecule is Cn1ccnc1C(O)(CCNC(=O)C1CCCN1)C(F)(F)F. The van der Waals surface area contributed by atoms with E-state index in [4.69, 9.17) is 0 Å². The second-order valence-corrected chi connectivity index (χ2v) is 5.41. The van der Waals surface area contributed by atoms with Gasteiger partial charge in [-0.1, -0.05) is 0 Å². The molecule has 0 aromatic carbocycles. The third kappa shape index (κ3) is 3.25. The average molecular weight is 320 g/mol. The fourth-order valence-electron chi connectivity index (χ4n) is 2.54. The van der Waals surface area contributed by atoms with Crippen molar-refractivity contribution in [1.29, 1.82) is 0 Å². The lowest BCUT2D eigenvalue weighted by atomic mass is 9.97. The third-order valence-electron chi connectivity index (χ3n) is 3.82. The summed E-state index contributed by atoms with van der Waals surface area (Å²) < 4.78 is 40.9. The molecule has 2 heterocycles. The highest BCUT2D eigenvalue weighted by molar-refractivity contribution is 5.81. The standard InChI is InChI=1S/C13H19F3N4O2/c1-20-8-7-19-11(20)12(22,13(14,15)16)4-6-18-10(21)9-3-2-5-17-9/h7-9,17,22H,2-6H2,1H3,(H,18,21). The lowest BCUT2D eigenvalue weighted by Gasteiger charge is -2.30. The summed E-state index contributed by atoms with van der Waals surface area (Å²) in [5.41, 5.74) is -3.10. The number of hydrogen-bond acceptors (Lipinski definition) is 4. The lowest BCUT2D eigenvalue weighted by Crippen LogP contribution is -2.48. The second-order valence-electron chi connectivity index (χ2n) is 5.41. The van der Waals surface area contributed by atoms with E-state index in [-0.39, 0.29) is 18.5 Å². The number of halogens is 3. The molecule has 1 saturated heterocycles. The van der Waals surface area contributed by atoms with Gasteiger partial charge in [-0.05, 0) is 19.4 Å². The lowest BCUT2D eigenvalue weighted by molar-refractivity contribution is -0.272. The van der Waals surface area contributed by atoms with Gasteiger partial charge in [0.1, 0.15) is 5.82 Å². The summed E-state index contributed by atoms with van der Waals surface area (Å²) in [5.74, 6) is -0.838. The maximum absolute atomic E-state index is 13.2. The van der Waals surface area contributed by atoms with Crippen molar-refractivity contribution in [2.24, 2.45) is 7.05 Å². The highest BCUT2D eigenvalue weighted by atomic mass is 19.4. The molecule has 0 spiro atoms. The Hall–Kier alpha value is -1.61. The van der Waals surface area contributed by atoms with E-state index >= 15 is 0 Å². The van der Waals surface area contributed by atoms with E-state index in [0.717, 1.165) is 17.5 Å². The monoisotopic (exact) mass is 320 g/mol. The van der Waals surface area contributed by atoms with E-state index in [9.17, 15) is 23.1 Å². The number of nitrogens with zero attached hydrogens (tertiary/aromatic N) is 2. The molecule has 2 atom stereocenters. The first-order valence-corrected chi connectivity index (χ1v) is 7.04. The number of amides is 1. The van der Waals surface area contributed by atoms with Gasteiger partial charge in [0.25, 0.3) is 0 Å². The van der Waals surface area contributed by atoms with Crippen LogP contribution in [0.5, 0.6) is 0 Å². The van der Waals surface area contributed by atoms with Crippen LogP contribution in [-0.2, 0) is 17.4 Å². The minimum atomic E-state index is -4.89. The molecule has 0 bridgehead atoms. The van der Waals surface area contributed by atoms with E-state index in [2.05, 4.69) is 15.6 Å². The Balaban J connectivity index is 2.02. The van der Waals surface area contributed by atoms with Gasteiger partial charge in [0.05, 0.1) is 6.04 Å². The first-order chi connectivity index (χ1) is 10.3. The maximum atomic E-state index is 13.2. The van der Waals surface area contributed by atoms with E-state index in [1.165, 1.54) is 19.4 Å². The molecule has 2 unspecified atom stereocenters. The molecule has 0 aliphatic carbocycles. The zero-order valence-corrected chi connectivity index (χ0v) is 12.2. The molecule has 2 rings (SSSR count). The summed E-state index contributed by atoms with van der Waals surface area (Å²) in [6, 6.07) is -0.368. The van der Waals surface area contributed by atoms with Crippen molar-refractivity contribution in [3.05, 3.63) is 18.2 Å². The minimum absolute atomic E-state index is 0.292. The summed E-state index contributed by atoms with van der Waals surface area (Å²) in [5, 5.41) is 15.5. The van der Waals surface area contributed by atoms with Gasteiger partial charge in [-0.3, -0.25) is 4.79 Å². The number of rotatable bonds is 5. The fourth-order valence-corrected chi connectivity index (χ4v) is 2.54. The molecule has 1 aromatic heterocycles. The van der Waals surface area contributed by atoms with Crippen LogP contribution in [0.25, 0.3) is 0 Å². The number of aromatic nitrogens is 2. The molecule has 1 aromatic rings. The van der Waals surface area contributed by atoms with E-state index in [1.54, 1.807) is 0 Å². The average Bonchev–Trinajstić information content (AvgIpc) is 3.07. The van der Waals surface area contributed by atoms with Crippen molar-refractivity contribution in [2.75, 3.05) is 13.1 Å². The molecule has 0 saturated carbocycles. The Morgan fingerprint density at radius 2 is 2.32 bits per heavy atom. The smallest absolute Gasteiger partial charge is 0.374 e. The van der Waals surface area contributed by atoms with Gasteiger partial charge in [-0.2, -0.15) is 13.2 Å². The fraction of sp³-hybridized carbons (Fsp3) is 0.692. The summed E-state index contributed by atoms with van der Waals surface area (Å²) in [7, 11) is 1.38. The quantitative estimate of drug-likeness (QED) is 0.735. The summed E-state index contributed by atoms with van der Waals surface area (Å²) in [6.45, 7) is 0.428. The van der Waals surface area contributed by atoms with Crippen molar-refractivity contribution in [3.8, 4) is 0 Å². The Bertz CT molecular complexity index is 526. The molecular formula is C13H19F3N4O2. The molecule has 1 aliphatic heterocycles. The highest BCUT2D eigenvalue weighted by Crippen LogP contribution is 2.40. The molecule has 3 N–H and O–H groups in total. The van der Waals surface area contributed by atoms with Crippen molar-refractivity contribution in [2.45, 2.75) is 37.1 Å². The van der Waals surface area contributed by atoms with E-state index in [0.29, 0.717) is 6.42 Å². The number of nitrogens with one attached hydrogen (secondary N) is 2. The molecule has 124 valence electrons. The zero-order chi connectivity index (χ0) is 16.4. The normalized spacial score (nSPS) is 21.6. The van der Waals surface area contributed by atoms with Crippen molar-refractivity contribution >= 4 is 5.91 Å². The van der Waals surface area contributed by atoms with Crippen LogP contribution in [0.4, 0.5) is 13.2 Å². The number of alkyl halides is 3. The van der Waals surface area contributed by atoms with Gasteiger partial charge in [0.15, 0.2) is 0 Å². The van der Waals surface area contributed by atoms with Crippen LogP contribution >= 0.6 is 0 Å². The van der Waals surface area contributed by atoms with Crippen LogP contribution < -0.4 is 10.6 Å². The van der Waals surface area contributed by atoms with Crippen LogP contribution in [0.1, 0.15) is 25.1 Å². The Morgan fingerprint density at radius 1 is 1.59 bits per heavy atom. The predicted molar refractivity (Wildman–Crippen MR) is 71.8 cm³/mol. The minimum Gasteiger partial charge on any atom is -0.374 e. The van der Waals surface area contributed by atoms with Gasteiger partial charge in [0, 0.05) is 32.4 Å². The van der Waals surface area contributed by atoms with Crippen LogP contribution in [0.2, 0.25) is 0 Å². The second kappa shape index (κ2) is 6.25. The third-order valence-corrected chi connectivity index (χ3v) is 3.82. The number of aliphatic hydroxyl groups is 1. The van der Waals surface area contributed by atoms with Crippen LogP contribution in [0.15, 0.2) is 12.4 Å². The maximum Gasteiger partial charge on any atom is 0.424 e. The first-order valence-electron chi connectivity index (χ1n) is 7.04. The van der Waals surface area contributed by atoms with Gasteiger partial charge in [0.2, 0.25) is 11.5 Å². The van der Waals surface area contributed by atoms with Gasteiger partial charge < -0.3 is 20.3 Å². The molecule has 1 aliphatic rings. The Morgan fingerprint density at radius 3 is 2.82 bits per heavy atom. The molecule has 6 nitrogen and oxygen atoms in total. The summed E-state index contributed by atoms with van der Waals surface area (Å²) >= 11 is 0. The van der Waals surface area contributed by atoms with Gasteiger partial charge in [-0.25, -0.2) is 4.98 Å². The number of imidazole rings is 1. The largest absolute Gasteiger partial charge is 0.424 e. The van der Waals surface area contributed by atoms with E-state index in [1.807, 2.05) is 0 Å². The first kappa shape index (κ1) is 16.8. The molecule has 9 heteroatoms. The Labute approximate surface area is 125 Å². The molecule has 22 heavy (non-hydrogen) atoms. The number of hydrogen-bond donors (Lipinski definition) is 3. The van der Waals surface area contributed by atoms with Crippen LogP contribution in [0, 0.1) is 0 Å². The molecule has 1 amide bonds. The molecule has 0 radical (unpaired) electrons. The van der Waals surface area contributed by atoms with Crippen LogP contribution in [-0.4, -0.2) is 45.9 Å². The van der Waals surface area contributed by atoms with Gasteiger partial charge >= 0.3 is 6.18 Å². The van der Waals surface area contributed by atoms with Crippen molar-refractivity contribution in [3.63, 3.8) is 0 Å². The predicted octanol–water partition coefficient (Wildman–Crippen LogP) is 0.428. The van der Waals surface area contributed by atoms with E-state index < -0.39 is 24.0 Å². The van der Waals surface area contributed by atoms with Crippen molar-refractivity contribution < 1.29 is 23.1 Å². The molecular weight excluding hydrogens is 301 g/mol. The number of carbonyl (C=O) groups excluding carboxylic acids is 1. The Kier molecular flexibility index (Phi) is 4.76. The highest BCUT2D eigenvalue weighted by Gasteiger charge is 2.57. The topological polar surface area (TPSA) is 79.2 Å². The van der Waals surface area contributed by atoms with Crippen molar-refractivity contribution in [1.82, 2.24) is 20.2 Å². The number of aryl methyl sites for hydroxylation is 1. The zero-order valence-electron chi connectivity index (χ0n) is 12.2. The van der Waals surface area contributed by atoms with Gasteiger partial charge in [-0.15, -0.1) is 0 Å². The van der Waals surface area contributed by atoms with Crippen LogP contribution in [0.3, 0.4) is 0 Å².